The van der Waals surface area contributed by atoms with E-state index in [0.29, 0.717) is 12.5 Å². The standard InChI is InChI=1S/C15H19F4N3.HI/c1-20-13(21-8-7-15(17,18)19)22-10-14(5-6-14)11-3-2-4-12(16)9-11;/h2-4,9H,5-8,10H2,1H3,(H2,20,21,22);1H. The molecule has 0 amide bonds. The molecule has 0 spiro atoms. The zero-order valence-electron chi connectivity index (χ0n) is 12.7. The molecule has 3 nitrogen and oxygen atoms in total. The summed E-state index contributed by atoms with van der Waals surface area (Å²) in [6.07, 6.45) is -3.26. The molecule has 2 rings (SSSR count). The maximum Gasteiger partial charge on any atom is 0.390 e. The van der Waals surface area contributed by atoms with Gasteiger partial charge in [0.15, 0.2) is 5.96 Å². The van der Waals surface area contributed by atoms with E-state index in [2.05, 4.69) is 15.6 Å². The van der Waals surface area contributed by atoms with E-state index in [-0.39, 0.29) is 41.8 Å². The molecule has 1 aliphatic rings. The highest BCUT2D eigenvalue weighted by molar-refractivity contribution is 14.0. The van der Waals surface area contributed by atoms with E-state index in [1.807, 2.05) is 6.07 Å². The topological polar surface area (TPSA) is 36.4 Å². The first-order valence-electron chi connectivity index (χ1n) is 7.12. The Morgan fingerprint density at radius 2 is 1.96 bits per heavy atom. The fourth-order valence-corrected chi connectivity index (χ4v) is 2.33. The van der Waals surface area contributed by atoms with Crippen LogP contribution in [0.5, 0.6) is 0 Å². The third-order valence-electron chi connectivity index (χ3n) is 3.81. The van der Waals surface area contributed by atoms with Gasteiger partial charge in [0, 0.05) is 25.6 Å². The second-order valence-electron chi connectivity index (χ2n) is 5.51. The Morgan fingerprint density at radius 1 is 1.26 bits per heavy atom. The smallest absolute Gasteiger partial charge is 0.356 e. The SMILES string of the molecule is CN=C(NCCC(F)(F)F)NCC1(c2cccc(F)c2)CC1.I. The Morgan fingerprint density at radius 3 is 2.48 bits per heavy atom. The van der Waals surface area contributed by atoms with Crippen LogP contribution in [0.15, 0.2) is 29.3 Å². The molecule has 1 aromatic rings. The first-order chi connectivity index (χ1) is 10.3. The highest BCUT2D eigenvalue weighted by Gasteiger charge is 2.44. The second-order valence-corrected chi connectivity index (χ2v) is 5.51. The minimum atomic E-state index is -4.19. The minimum absolute atomic E-state index is 0. The van der Waals surface area contributed by atoms with Crippen molar-refractivity contribution >= 4 is 29.9 Å². The molecule has 8 heteroatoms. The summed E-state index contributed by atoms with van der Waals surface area (Å²) < 4.78 is 49.7. The molecule has 0 aromatic heterocycles. The lowest BCUT2D eigenvalue weighted by atomic mass is 9.96. The zero-order valence-corrected chi connectivity index (χ0v) is 15.0. The summed E-state index contributed by atoms with van der Waals surface area (Å²) >= 11 is 0. The summed E-state index contributed by atoms with van der Waals surface area (Å²) in [5, 5.41) is 5.66. The van der Waals surface area contributed by atoms with E-state index in [4.69, 9.17) is 0 Å². The van der Waals surface area contributed by atoms with Gasteiger partial charge < -0.3 is 10.6 Å². The van der Waals surface area contributed by atoms with Crippen molar-refractivity contribution in [3.05, 3.63) is 35.6 Å². The molecule has 1 fully saturated rings. The van der Waals surface area contributed by atoms with Gasteiger partial charge in [0.1, 0.15) is 5.82 Å². The van der Waals surface area contributed by atoms with Gasteiger partial charge >= 0.3 is 6.18 Å². The van der Waals surface area contributed by atoms with Gasteiger partial charge in [0.2, 0.25) is 0 Å². The number of halogens is 5. The summed E-state index contributed by atoms with van der Waals surface area (Å²) in [7, 11) is 1.50. The first kappa shape index (κ1) is 20.0. The lowest BCUT2D eigenvalue weighted by Gasteiger charge is -2.19. The van der Waals surface area contributed by atoms with Crippen LogP contribution in [0.1, 0.15) is 24.8 Å². The van der Waals surface area contributed by atoms with Gasteiger partial charge in [0.25, 0.3) is 0 Å². The first-order valence-corrected chi connectivity index (χ1v) is 7.12. The fraction of sp³-hybridized carbons (Fsp3) is 0.533. The molecular weight excluding hydrogens is 425 g/mol. The number of aliphatic imine (C=N–C) groups is 1. The molecular formula is C15H20F4IN3. The van der Waals surface area contributed by atoms with Crippen molar-refractivity contribution in [2.45, 2.75) is 30.9 Å². The third kappa shape index (κ3) is 6.15. The van der Waals surface area contributed by atoms with Gasteiger partial charge in [-0.3, -0.25) is 4.99 Å². The van der Waals surface area contributed by atoms with Crippen LogP contribution in [0.3, 0.4) is 0 Å². The summed E-state index contributed by atoms with van der Waals surface area (Å²) in [5.41, 5.74) is 0.759. The summed E-state index contributed by atoms with van der Waals surface area (Å²) in [5.74, 6) is 0.0448. The molecule has 23 heavy (non-hydrogen) atoms. The van der Waals surface area contributed by atoms with Gasteiger partial charge in [-0.1, -0.05) is 12.1 Å². The van der Waals surface area contributed by atoms with E-state index in [1.54, 1.807) is 6.07 Å². The number of benzene rings is 1. The van der Waals surface area contributed by atoms with Crippen molar-refractivity contribution in [3.63, 3.8) is 0 Å². The van der Waals surface area contributed by atoms with Crippen LogP contribution in [0.4, 0.5) is 17.6 Å². The zero-order chi connectivity index (χ0) is 16.2. The molecule has 0 radical (unpaired) electrons. The molecule has 0 unspecified atom stereocenters. The molecule has 0 atom stereocenters. The van der Waals surface area contributed by atoms with Crippen molar-refractivity contribution in [3.8, 4) is 0 Å². The maximum absolute atomic E-state index is 13.3. The van der Waals surface area contributed by atoms with Gasteiger partial charge in [-0.25, -0.2) is 4.39 Å². The monoisotopic (exact) mass is 445 g/mol. The number of rotatable bonds is 5. The Hall–Kier alpha value is -1.06. The molecule has 1 saturated carbocycles. The lowest BCUT2D eigenvalue weighted by molar-refractivity contribution is -0.132. The van der Waals surface area contributed by atoms with Crippen LogP contribution in [-0.2, 0) is 5.41 Å². The van der Waals surface area contributed by atoms with Gasteiger partial charge in [0.05, 0.1) is 6.42 Å². The second kappa shape index (κ2) is 8.16. The predicted octanol–water partition coefficient (Wildman–Crippen LogP) is 3.59. The Bertz CT molecular complexity index is 542. The number of nitrogens with one attached hydrogen (secondary N) is 2. The lowest BCUT2D eigenvalue weighted by Crippen LogP contribution is -2.42. The highest BCUT2D eigenvalue weighted by atomic mass is 127. The summed E-state index contributed by atoms with van der Waals surface area (Å²) in [6.45, 7) is 0.290. The number of alkyl halides is 3. The average Bonchev–Trinajstić information content (AvgIpc) is 3.22. The number of hydrogen-bond acceptors (Lipinski definition) is 1. The average molecular weight is 445 g/mol. The molecule has 2 N–H and O–H groups in total. The molecule has 0 heterocycles. The Labute approximate surface area is 150 Å². The predicted molar refractivity (Wildman–Crippen MR) is 92.8 cm³/mol. The van der Waals surface area contributed by atoms with Crippen molar-refractivity contribution in [2.24, 2.45) is 4.99 Å². The highest BCUT2D eigenvalue weighted by Crippen LogP contribution is 2.47. The van der Waals surface area contributed by atoms with E-state index in [0.717, 1.165) is 18.4 Å². The minimum Gasteiger partial charge on any atom is -0.356 e. The number of guanidine groups is 1. The molecule has 0 saturated heterocycles. The maximum atomic E-state index is 13.3. The molecule has 1 aromatic carbocycles. The molecule has 0 bridgehead atoms. The van der Waals surface area contributed by atoms with Crippen molar-refractivity contribution in [1.82, 2.24) is 10.6 Å². The Balaban J connectivity index is 0.00000264. The van der Waals surface area contributed by atoms with E-state index < -0.39 is 12.6 Å². The van der Waals surface area contributed by atoms with Crippen molar-refractivity contribution in [2.75, 3.05) is 20.1 Å². The molecule has 130 valence electrons. The van der Waals surface area contributed by atoms with Crippen LogP contribution in [0.25, 0.3) is 0 Å². The van der Waals surface area contributed by atoms with Gasteiger partial charge in [-0.2, -0.15) is 13.2 Å². The third-order valence-corrected chi connectivity index (χ3v) is 3.81. The quantitative estimate of drug-likeness (QED) is 0.315. The fourth-order valence-electron chi connectivity index (χ4n) is 2.33. The van der Waals surface area contributed by atoms with Crippen LogP contribution >= 0.6 is 24.0 Å². The van der Waals surface area contributed by atoms with E-state index in [1.165, 1.54) is 19.2 Å². The summed E-state index contributed by atoms with van der Waals surface area (Å²) in [4.78, 5) is 3.90. The van der Waals surface area contributed by atoms with E-state index in [9.17, 15) is 17.6 Å². The van der Waals surface area contributed by atoms with Gasteiger partial charge in [-0.05, 0) is 30.5 Å². The molecule has 0 aliphatic heterocycles. The van der Waals surface area contributed by atoms with Crippen molar-refractivity contribution in [1.29, 1.82) is 0 Å². The number of nitrogens with zero attached hydrogens (tertiary/aromatic N) is 1. The van der Waals surface area contributed by atoms with Gasteiger partial charge in [-0.15, -0.1) is 24.0 Å². The summed E-state index contributed by atoms with van der Waals surface area (Å²) in [6, 6.07) is 6.44. The van der Waals surface area contributed by atoms with Crippen LogP contribution in [0.2, 0.25) is 0 Å². The Kier molecular flexibility index (Phi) is 7.09. The molecule has 1 aliphatic carbocycles. The number of hydrogen-bond donors (Lipinski definition) is 2. The van der Waals surface area contributed by atoms with Crippen LogP contribution in [-0.4, -0.2) is 32.3 Å². The van der Waals surface area contributed by atoms with Crippen molar-refractivity contribution < 1.29 is 17.6 Å². The largest absolute Gasteiger partial charge is 0.390 e. The van der Waals surface area contributed by atoms with E-state index >= 15 is 0 Å². The van der Waals surface area contributed by atoms with Crippen LogP contribution in [0, 0.1) is 5.82 Å². The normalized spacial score (nSPS) is 16.5. The van der Waals surface area contributed by atoms with Crippen LogP contribution < -0.4 is 10.6 Å².